The number of rotatable bonds is 0. The fraction of sp³-hybridized carbons (Fsp3) is 0.900. The summed E-state index contributed by atoms with van der Waals surface area (Å²) in [5.41, 5.74) is 1.04. The zero-order chi connectivity index (χ0) is 8.55. The first kappa shape index (κ1) is 8.09. The summed E-state index contributed by atoms with van der Waals surface area (Å²) in [5.74, 6) is 2.53. The molecule has 68 valence electrons. The fourth-order valence-electron chi connectivity index (χ4n) is 3.06. The van der Waals surface area contributed by atoms with Crippen LogP contribution in [0.5, 0.6) is 0 Å². The molecule has 2 saturated carbocycles. The molecule has 0 heterocycles. The van der Waals surface area contributed by atoms with E-state index in [0.29, 0.717) is 0 Å². The van der Waals surface area contributed by atoms with E-state index in [-0.39, 0.29) is 0 Å². The summed E-state index contributed by atoms with van der Waals surface area (Å²) >= 11 is 0. The Labute approximate surface area is 73.7 Å². The zero-order valence-electron chi connectivity index (χ0n) is 7.66. The Morgan fingerprint density at radius 3 is 2.25 bits per heavy atom. The molecule has 0 aliphatic heterocycles. The smallest absolute Gasteiger partial charge is 0.0576 e. The van der Waals surface area contributed by atoms with E-state index in [1.165, 1.54) is 19.3 Å². The summed E-state index contributed by atoms with van der Waals surface area (Å²) < 4.78 is 0. The number of nitrogens with zero attached hydrogens (tertiary/aromatic N) is 1. The van der Waals surface area contributed by atoms with Crippen molar-refractivity contribution in [2.75, 3.05) is 0 Å². The molecule has 0 aromatic heterocycles. The van der Waals surface area contributed by atoms with E-state index in [2.05, 4.69) is 12.1 Å². The van der Waals surface area contributed by atoms with Gasteiger partial charge in [0.15, 0.2) is 0 Å². The van der Waals surface area contributed by atoms with Gasteiger partial charge in [0.05, 0.1) is 5.71 Å². The standard InChI is InChI=1S/C10H17NO/c1-7-2-8-4-9(3-7)6-10(5-8)11-12/h7-9,12H,2-6H2,1H3/b11-10-/t7-,8?,9+/m0/s1. The van der Waals surface area contributed by atoms with Gasteiger partial charge in [-0.15, -0.1) is 0 Å². The second-order valence-corrected chi connectivity index (χ2v) is 4.62. The van der Waals surface area contributed by atoms with Crippen LogP contribution < -0.4 is 0 Å². The average molecular weight is 167 g/mol. The Balaban J connectivity index is 2.05. The summed E-state index contributed by atoms with van der Waals surface area (Å²) in [6.45, 7) is 2.35. The average Bonchev–Trinajstić information content (AvgIpc) is 2.02. The van der Waals surface area contributed by atoms with Crippen LogP contribution in [-0.2, 0) is 0 Å². The second kappa shape index (κ2) is 3.08. The van der Waals surface area contributed by atoms with E-state index in [1.807, 2.05) is 0 Å². The molecule has 2 rings (SSSR count). The topological polar surface area (TPSA) is 32.6 Å². The molecule has 1 unspecified atom stereocenters. The Morgan fingerprint density at radius 2 is 1.75 bits per heavy atom. The molecule has 0 amide bonds. The maximum Gasteiger partial charge on any atom is 0.0576 e. The number of hydrogen-bond acceptors (Lipinski definition) is 2. The van der Waals surface area contributed by atoms with E-state index in [1.54, 1.807) is 0 Å². The summed E-state index contributed by atoms with van der Waals surface area (Å²) in [7, 11) is 0. The fourth-order valence-corrected chi connectivity index (χ4v) is 3.06. The lowest BCUT2D eigenvalue weighted by atomic mass is 9.68. The predicted octanol–water partition coefficient (Wildman–Crippen LogP) is 2.66. The summed E-state index contributed by atoms with van der Waals surface area (Å²) in [6, 6.07) is 0. The summed E-state index contributed by atoms with van der Waals surface area (Å²) in [6.07, 6.45) is 6.17. The third kappa shape index (κ3) is 1.47. The highest BCUT2D eigenvalue weighted by Crippen LogP contribution is 2.41. The maximum atomic E-state index is 8.70. The largest absolute Gasteiger partial charge is 0.411 e. The number of oxime groups is 1. The molecule has 0 aromatic rings. The molecule has 2 bridgehead atoms. The van der Waals surface area contributed by atoms with E-state index in [0.717, 1.165) is 36.3 Å². The van der Waals surface area contributed by atoms with Gasteiger partial charge in [0.25, 0.3) is 0 Å². The van der Waals surface area contributed by atoms with Gasteiger partial charge in [-0.25, -0.2) is 0 Å². The highest BCUT2D eigenvalue weighted by molar-refractivity contribution is 5.85. The van der Waals surface area contributed by atoms with Crippen molar-refractivity contribution in [2.24, 2.45) is 22.9 Å². The Bertz CT molecular complexity index is 180. The number of hydrogen-bond donors (Lipinski definition) is 1. The molecule has 0 spiro atoms. The van der Waals surface area contributed by atoms with Crippen molar-refractivity contribution in [1.29, 1.82) is 0 Å². The van der Waals surface area contributed by atoms with Crippen LogP contribution >= 0.6 is 0 Å². The van der Waals surface area contributed by atoms with Crippen molar-refractivity contribution in [3.8, 4) is 0 Å². The first-order valence-corrected chi connectivity index (χ1v) is 4.97. The van der Waals surface area contributed by atoms with E-state index in [9.17, 15) is 0 Å². The molecular formula is C10H17NO. The minimum Gasteiger partial charge on any atom is -0.411 e. The molecule has 1 N–H and O–H groups in total. The normalized spacial score (nSPS) is 44.8. The van der Waals surface area contributed by atoms with Crippen LogP contribution in [0.25, 0.3) is 0 Å². The highest BCUT2D eigenvalue weighted by Gasteiger charge is 2.32. The Hall–Kier alpha value is -0.530. The van der Waals surface area contributed by atoms with Crippen LogP contribution in [0, 0.1) is 17.8 Å². The van der Waals surface area contributed by atoms with Crippen LogP contribution in [0.4, 0.5) is 0 Å². The molecule has 2 aliphatic rings. The van der Waals surface area contributed by atoms with Crippen molar-refractivity contribution in [2.45, 2.75) is 39.0 Å². The molecule has 0 aromatic carbocycles. The van der Waals surface area contributed by atoms with Crippen molar-refractivity contribution >= 4 is 5.71 Å². The van der Waals surface area contributed by atoms with Gasteiger partial charge in [0.2, 0.25) is 0 Å². The van der Waals surface area contributed by atoms with Gasteiger partial charge >= 0.3 is 0 Å². The van der Waals surface area contributed by atoms with Gasteiger partial charge in [0, 0.05) is 0 Å². The third-order valence-corrected chi connectivity index (χ3v) is 3.33. The molecule has 2 aliphatic carbocycles. The summed E-state index contributed by atoms with van der Waals surface area (Å²) in [4.78, 5) is 0. The van der Waals surface area contributed by atoms with Gasteiger partial charge in [-0.1, -0.05) is 12.1 Å². The molecule has 2 fully saturated rings. The lowest BCUT2D eigenvalue weighted by molar-refractivity contribution is 0.192. The Kier molecular flexibility index (Phi) is 2.07. The van der Waals surface area contributed by atoms with Crippen LogP contribution in [-0.4, -0.2) is 10.9 Å². The third-order valence-electron chi connectivity index (χ3n) is 3.33. The van der Waals surface area contributed by atoms with Crippen LogP contribution in [0.15, 0.2) is 5.16 Å². The molecule has 2 heteroatoms. The SMILES string of the molecule is C[C@H]1CC2C/C(=N/O)C[C@@H](C2)C1. The lowest BCUT2D eigenvalue weighted by Crippen LogP contribution is -2.30. The van der Waals surface area contributed by atoms with Gasteiger partial charge in [0.1, 0.15) is 0 Å². The van der Waals surface area contributed by atoms with Gasteiger partial charge in [-0.05, 0) is 49.9 Å². The van der Waals surface area contributed by atoms with Gasteiger partial charge in [-0.3, -0.25) is 0 Å². The quantitative estimate of drug-likeness (QED) is 0.436. The van der Waals surface area contributed by atoms with Crippen LogP contribution in [0.1, 0.15) is 39.0 Å². The Morgan fingerprint density at radius 1 is 1.17 bits per heavy atom. The second-order valence-electron chi connectivity index (χ2n) is 4.62. The van der Waals surface area contributed by atoms with Gasteiger partial charge < -0.3 is 5.21 Å². The first-order chi connectivity index (χ1) is 5.78. The summed E-state index contributed by atoms with van der Waals surface area (Å²) in [5, 5.41) is 12.1. The van der Waals surface area contributed by atoms with Crippen molar-refractivity contribution in [1.82, 2.24) is 0 Å². The molecule has 3 atom stereocenters. The van der Waals surface area contributed by atoms with E-state index < -0.39 is 0 Å². The minimum atomic E-state index is 0.818. The van der Waals surface area contributed by atoms with Crippen molar-refractivity contribution in [3.63, 3.8) is 0 Å². The monoisotopic (exact) mass is 167 g/mol. The first-order valence-electron chi connectivity index (χ1n) is 4.97. The maximum absolute atomic E-state index is 8.70. The molecule has 2 nitrogen and oxygen atoms in total. The zero-order valence-corrected chi connectivity index (χ0v) is 7.66. The van der Waals surface area contributed by atoms with E-state index in [4.69, 9.17) is 5.21 Å². The molecule has 12 heavy (non-hydrogen) atoms. The molecular weight excluding hydrogens is 150 g/mol. The van der Waals surface area contributed by atoms with Crippen LogP contribution in [0.2, 0.25) is 0 Å². The van der Waals surface area contributed by atoms with Crippen molar-refractivity contribution < 1.29 is 5.21 Å². The molecule has 0 saturated heterocycles. The lowest BCUT2D eigenvalue weighted by Gasteiger charge is -2.37. The van der Waals surface area contributed by atoms with E-state index >= 15 is 0 Å². The van der Waals surface area contributed by atoms with Gasteiger partial charge in [-0.2, -0.15) is 0 Å². The minimum absolute atomic E-state index is 0.818. The van der Waals surface area contributed by atoms with Crippen LogP contribution in [0.3, 0.4) is 0 Å². The molecule has 0 radical (unpaired) electrons. The van der Waals surface area contributed by atoms with Crippen molar-refractivity contribution in [3.05, 3.63) is 0 Å². The predicted molar refractivity (Wildman–Crippen MR) is 48.5 cm³/mol. The highest BCUT2D eigenvalue weighted by atomic mass is 16.4. The number of fused-ring (bicyclic) bond motifs is 2.